The second-order valence-electron chi connectivity index (χ2n) is 6.35. The van der Waals surface area contributed by atoms with Crippen LogP contribution in [0.4, 0.5) is 10.6 Å². The number of hydrogen-bond acceptors (Lipinski definition) is 4. The van der Waals surface area contributed by atoms with Gasteiger partial charge in [0, 0.05) is 18.2 Å². The van der Waals surface area contributed by atoms with Crippen LogP contribution >= 0.6 is 0 Å². The van der Waals surface area contributed by atoms with Crippen LogP contribution in [-0.2, 0) is 4.74 Å². The summed E-state index contributed by atoms with van der Waals surface area (Å²) < 4.78 is 5.35. The minimum atomic E-state index is -1.43. The number of hydrogen-bond donors (Lipinski definition) is 3. The van der Waals surface area contributed by atoms with E-state index in [9.17, 15) is 14.4 Å². The van der Waals surface area contributed by atoms with Crippen LogP contribution in [-0.4, -0.2) is 28.8 Å². The number of fused-ring (bicyclic) bond motifs is 3. The first-order valence-electron chi connectivity index (χ1n) is 8.63. The standard InChI is InChI=1S/C21H16N2O5/c24-17-9-10-22-19(18(17)20(25)26)23-21(27)28-11-16-14-7-3-1-5-12(14)13-6-2-4-8-15(13)16/h1-10,16H,11H2,(H,25,26)(H2,22,23,24,27). The Labute approximate surface area is 159 Å². The molecule has 7 heteroatoms. The maximum Gasteiger partial charge on any atom is 0.412 e. The second kappa shape index (κ2) is 7.03. The number of carboxylic acids is 1. The van der Waals surface area contributed by atoms with Gasteiger partial charge in [0.1, 0.15) is 18.0 Å². The van der Waals surface area contributed by atoms with Gasteiger partial charge in [-0.15, -0.1) is 0 Å². The van der Waals surface area contributed by atoms with Gasteiger partial charge < -0.3 is 14.8 Å². The van der Waals surface area contributed by atoms with Gasteiger partial charge in [0.15, 0.2) is 5.43 Å². The molecule has 0 bridgehead atoms. The first-order valence-corrected chi connectivity index (χ1v) is 8.63. The molecule has 1 heterocycles. The van der Waals surface area contributed by atoms with Crippen LogP contribution in [0.15, 0.2) is 65.6 Å². The molecule has 3 N–H and O–H groups in total. The van der Waals surface area contributed by atoms with Crippen molar-refractivity contribution in [3.8, 4) is 11.1 Å². The van der Waals surface area contributed by atoms with Crippen molar-refractivity contribution in [2.45, 2.75) is 5.92 Å². The zero-order valence-corrected chi connectivity index (χ0v) is 14.6. The summed E-state index contributed by atoms with van der Waals surface area (Å²) in [5, 5.41) is 11.5. The van der Waals surface area contributed by atoms with E-state index in [4.69, 9.17) is 9.84 Å². The van der Waals surface area contributed by atoms with E-state index in [1.807, 2.05) is 48.5 Å². The topological polar surface area (TPSA) is 108 Å². The molecule has 140 valence electrons. The molecule has 7 nitrogen and oxygen atoms in total. The molecule has 1 aliphatic rings. The molecule has 1 aliphatic carbocycles. The van der Waals surface area contributed by atoms with Gasteiger partial charge in [-0.3, -0.25) is 10.1 Å². The summed E-state index contributed by atoms with van der Waals surface area (Å²) in [5.41, 5.74) is 3.09. The Hall–Kier alpha value is -3.87. The minimum Gasteiger partial charge on any atom is -0.477 e. The second-order valence-corrected chi connectivity index (χ2v) is 6.35. The smallest absolute Gasteiger partial charge is 0.412 e. The molecule has 0 spiro atoms. The SMILES string of the molecule is O=C(Nc1[nH]ccc(=O)c1C(=O)O)OCC1c2ccccc2-c2ccccc21. The number of aromatic nitrogens is 1. The molecule has 28 heavy (non-hydrogen) atoms. The van der Waals surface area contributed by atoms with E-state index >= 15 is 0 Å². The lowest BCUT2D eigenvalue weighted by Gasteiger charge is -2.15. The quantitative estimate of drug-likeness (QED) is 0.646. The number of benzene rings is 2. The lowest BCUT2D eigenvalue weighted by molar-refractivity contribution is 0.0696. The van der Waals surface area contributed by atoms with Gasteiger partial charge in [0.05, 0.1) is 0 Å². The molecule has 2 aromatic carbocycles. The summed E-state index contributed by atoms with van der Waals surface area (Å²) in [6.45, 7) is 0.0827. The molecule has 0 radical (unpaired) electrons. The van der Waals surface area contributed by atoms with Gasteiger partial charge in [-0.2, -0.15) is 0 Å². The fourth-order valence-electron chi connectivity index (χ4n) is 3.53. The molecule has 4 rings (SSSR count). The van der Waals surface area contributed by atoms with Crippen molar-refractivity contribution in [1.29, 1.82) is 0 Å². The van der Waals surface area contributed by atoms with Crippen molar-refractivity contribution in [3.05, 3.63) is 87.7 Å². The molecule has 0 aliphatic heterocycles. The highest BCUT2D eigenvalue weighted by Crippen LogP contribution is 2.44. The van der Waals surface area contributed by atoms with E-state index in [2.05, 4.69) is 10.3 Å². The Bertz CT molecular complexity index is 1090. The van der Waals surface area contributed by atoms with Gasteiger partial charge in [-0.1, -0.05) is 48.5 Å². The first-order chi connectivity index (χ1) is 13.6. The fourth-order valence-corrected chi connectivity index (χ4v) is 3.53. The summed E-state index contributed by atoms with van der Waals surface area (Å²) in [6, 6.07) is 16.9. The van der Waals surface area contributed by atoms with Gasteiger partial charge in [-0.05, 0) is 22.3 Å². The Morgan fingerprint density at radius 3 is 2.21 bits per heavy atom. The number of carbonyl (C=O) groups is 2. The molecule has 0 saturated carbocycles. The van der Waals surface area contributed by atoms with Crippen LogP contribution in [0.3, 0.4) is 0 Å². The van der Waals surface area contributed by atoms with Crippen LogP contribution in [0.25, 0.3) is 11.1 Å². The van der Waals surface area contributed by atoms with E-state index in [1.54, 1.807) is 0 Å². The molecule has 1 aromatic heterocycles. The zero-order chi connectivity index (χ0) is 19.7. The van der Waals surface area contributed by atoms with E-state index in [0.29, 0.717) is 0 Å². The molecule has 0 unspecified atom stereocenters. The largest absolute Gasteiger partial charge is 0.477 e. The number of amides is 1. The minimum absolute atomic E-state index is 0.0827. The summed E-state index contributed by atoms with van der Waals surface area (Å²) in [5.74, 6) is -1.76. The highest BCUT2D eigenvalue weighted by Gasteiger charge is 2.29. The zero-order valence-electron chi connectivity index (χ0n) is 14.6. The monoisotopic (exact) mass is 376 g/mol. The van der Waals surface area contributed by atoms with Crippen LogP contribution in [0.1, 0.15) is 27.4 Å². The highest BCUT2D eigenvalue weighted by atomic mass is 16.5. The molecule has 0 atom stereocenters. The van der Waals surface area contributed by atoms with E-state index in [-0.39, 0.29) is 18.3 Å². The average molecular weight is 376 g/mol. The van der Waals surface area contributed by atoms with Crippen molar-refractivity contribution in [1.82, 2.24) is 4.98 Å². The van der Waals surface area contributed by atoms with E-state index < -0.39 is 23.1 Å². The Morgan fingerprint density at radius 2 is 1.61 bits per heavy atom. The number of pyridine rings is 1. The average Bonchev–Trinajstić information content (AvgIpc) is 3.00. The summed E-state index contributed by atoms with van der Waals surface area (Å²) in [4.78, 5) is 37.8. The van der Waals surface area contributed by atoms with Crippen molar-refractivity contribution >= 4 is 17.9 Å². The predicted molar refractivity (Wildman–Crippen MR) is 103 cm³/mol. The third-order valence-corrected chi connectivity index (χ3v) is 4.74. The molecule has 0 fully saturated rings. The summed E-state index contributed by atoms with van der Waals surface area (Å²) in [6.07, 6.45) is 0.416. The van der Waals surface area contributed by atoms with Gasteiger partial charge in [0.25, 0.3) is 0 Å². The normalized spacial score (nSPS) is 12.1. The third kappa shape index (κ3) is 3.03. The van der Waals surface area contributed by atoms with Crippen molar-refractivity contribution in [3.63, 3.8) is 0 Å². The Kier molecular flexibility index (Phi) is 4.41. The Morgan fingerprint density at radius 1 is 1.00 bits per heavy atom. The van der Waals surface area contributed by atoms with Crippen LogP contribution in [0.2, 0.25) is 0 Å². The fraction of sp³-hybridized carbons (Fsp3) is 0.0952. The molecule has 1 amide bonds. The van der Waals surface area contributed by atoms with E-state index in [1.165, 1.54) is 6.20 Å². The highest BCUT2D eigenvalue weighted by molar-refractivity contribution is 5.97. The number of aromatic carboxylic acids is 1. The maximum atomic E-state index is 12.2. The number of ether oxygens (including phenoxy) is 1. The number of anilines is 1. The van der Waals surface area contributed by atoms with Crippen molar-refractivity contribution in [2.75, 3.05) is 11.9 Å². The number of nitrogens with one attached hydrogen (secondary N) is 2. The third-order valence-electron chi connectivity index (χ3n) is 4.74. The van der Waals surface area contributed by atoms with Gasteiger partial charge >= 0.3 is 12.1 Å². The van der Waals surface area contributed by atoms with E-state index in [0.717, 1.165) is 28.3 Å². The number of aromatic amines is 1. The Balaban J connectivity index is 1.53. The van der Waals surface area contributed by atoms with Gasteiger partial charge in [0.2, 0.25) is 0 Å². The maximum absolute atomic E-state index is 12.2. The number of carbonyl (C=O) groups excluding carboxylic acids is 1. The summed E-state index contributed by atoms with van der Waals surface area (Å²) >= 11 is 0. The lowest BCUT2D eigenvalue weighted by atomic mass is 9.98. The van der Waals surface area contributed by atoms with Crippen LogP contribution in [0.5, 0.6) is 0 Å². The molecule has 3 aromatic rings. The first kappa shape index (κ1) is 17.5. The number of H-pyrrole nitrogens is 1. The van der Waals surface area contributed by atoms with Gasteiger partial charge in [-0.25, -0.2) is 9.59 Å². The predicted octanol–water partition coefficient (Wildman–Crippen LogP) is 3.43. The summed E-state index contributed by atoms with van der Waals surface area (Å²) in [7, 11) is 0. The number of rotatable bonds is 4. The van der Waals surface area contributed by atoms with Crippen molar-refractivity contribution in [2.24, 2.45) is 0 Å². The lowest BCUT2D eigenvalue weighted by Crippen LogP contribution is -2.23. The molecular weight excluding hydrogens is 360 g/mol. The van der Waals surface area contributed by atoms with Crippen LogP contribution in [0, 0.1) is 0 Å². The van der Waals surface area contributed by atoms with Crippen LogP contribution < -0.4 is 10.7 Å². The molecular formula is C21H16N2O5. The van der Waals surface area contributed by atoms with Crippen molar-refractivity contribution < 1.29 is 19.4 Å². The number of carboxylic acid groups (broad SMARTS) is 1. The molecule has 0 saturated heterocycles.